The van der Waals surface area contributed by atoms with Crippen LogP contribution in [0.4, 0.5) is 15.0 Å². The minimum Gasteiger partial charge on any atom is -0.341 e. The molecular weight excluding hydrogens is 435 g/mol. The van der Waals surface area contributed by atoms with Gasteiger partial charge in [-0.3, -0.25) is 19.4 Å². The van der Waals surface area contributed by atoms with Crippen molar-refractivity contribution >= 4 is 33.8 Å². The highest BCUT2D eigenvalue weighted by Crippen LogP contribution is 2.30. The maximum atomic E-state index is 13.8. The summed E-state index contributed by atoms with van der Waals surface area (Å²) in [7, 11) is 3.21. The van der Waals surface area contributed by atoms with E-state index in [2.05, 4.69) is 20.6 Å². The smallest absolute Gasteiger partial charge is 0.333 e. The van der Waals surface area contributed by atoms with Crippen molar-refractivity contribution in [2.75, 3.05) is 12.4 Å². The Kier molecular flexibility index (Phi) is 5.29. The third-order valence-electron chi connectivity index (χ3n) is 5.83. The van der Waals surface area contributed by atoms with Crippen molar-refractivity contribution in [3.05, 3.63) is 83.0 Å². The van der Waals surface area contributed by atoms with E-state index in [-0.39, 0.29) is 11.7 Å². The Hall–Kier alpha value is -4.53. The standard InChI is InChI=1S/C25H21FN6O2/c1-27-24(33)30-22-10-8-17(13-29-22)15-7-9-19-18(11-15)23-21(14-28-19)31(2)25(34)32(23)20-6-4-3-5-16(20)12-26/h3-11,13-14H,12H2,1-2H3,(H2,27,29,30,33). The second-order valence-electron chi connectivity index (χ2n) is 7.80. The summed E-state index contributed by atoms with van der Waals surface area (Å²) in [5.74, 6) is 0.424. The second-order valence-corrected chi connectivity index (χ2v) is 7.80. The number of imidazole rings is 1. The quantitative estimate of drug-likeness (QED) is 0.425. The lowest BCUT2D eigenvalue weighted by Crippen LogP contribution is -2.24. The number of rotatable bonds is 4. The Balaban J connectivity index is 1.72. The van der Waals surface area contributed by atoms with Crippen molar-refractivity contribution in [1.82, 2.24) is 24.4 Å². The zero-order valence-corrected chi connectivity index (χ0v) is 18.5. The van der Waals surface area contributed by atoms with Crippen molar-refractivity contribution in [3.63, 3.8) is 0 Å². The molecule has 8 nitrogen and oxygen atoms in total. The summed E-state index contributed by atoms with van der Waals surface area (Å²) in [6.07, 6.45) is 3.32. The predicted molar refractivity (Wildman–Crippen MR) is 130 cm³/mol. The SMILES string of the molecule is CNC(=O)Nc1ccc(-c2ccc3ncc4c(c3c2)n(-c2ccccc2CF)c(=O)n4C)cn1. The number of amides is 2. The molecule has 34 heavy (non-hydrogen) atoms. The number of pyridine rings is 2. The van der Waals surface area contributed by atoms with Gasteiger partial charge in [-0.25, -0.2) is 19.0 Å². The molecule has 3 aromatic heterocycles. The van der Waals surface area contributed by atoms with Crippen molar-refractivity contribution in [2.45, 2.75) is 6.67 Å². The molecule has 0 bridgehead atoms. The number of benzene rings is 2. The highest BCUT2D eigenvalue weighted by atomic mass is 19.1. The number of carbonyl (C=O) groups is 1. The van der Waals surface area contributed by atoms with Gasteiger partial charge < -0.3 is 5.32 Å². The Labute approximate surface area is 193 Å². The summed E-state index contributed by atoms with van der Waals surface area (Å²) in [4.78, 5) is 33.6. The average Bonchev–Trinajstić information content (AvgIpc) is 3.14. The van der Waals surface area contributed by atoms with Crippen LogP contribution in [0.5, 0.6) is 0 Å². The zero-order valence-electron chi connectivity index (χ0n) is 18.5. The van der Waals surface area contributed by atoms with Gasteiger partial charge in [0.25, 0.3) is 0 Å². The van der Waals surface area contributed by atoms with Gasteiger partial charge in [0.15, 0.2) is 0 Å². The molecule has 0 aliphatic rings. The minimum atomic E-state index is -0.685. The molecule has 0 aliphatic heterocycles. The number of carbonyl (C=O) groups excluding carboxylic acids is 1. The summed E-state index contributed by atoms with van der Waals surface area (Å²) in [6, 6.07) is 15.9. The molecular formula is C25H21FN6O2. The molecule has 0 saturated heterocycles. The molecule has 2 amide bonds. The maximum Gasteiger partial charge on any atom is 0.333 e. The van der Waals surface area contributed by atoms with Gasteiger partial charge in [-0.2, -0.15) is 0 Å². The Morgan fingerprint density at radius 3 is 2.56 bits per heavy atom. The van der Waals surface area contributed by atoms with Crippen LogP contribution in [0.25, 0.3) is 38.8 Å². The summed E-state index contributed by atoms with van der Waals surface area (Å²) in [6.45, 7) is -0.685. The first-order valence-corrected chi connectivity index (χ1v) is 10.6. The van der Waals surface area contributed by atoms with Gasteiger partial charge in [0, 0.05) is 36.8 Å². The molecule has 3 heterocycles. The average molecular weight is 456 g/mol. The summed E-state index contributed by atoms with van der Waals surface area (Å²) >= 11 is 0. The van der Waals surface area contributed by atoms with E-state index in [1.165, 1.54) is 11.6 Å². The van der Waals surface area contributed by atoms with Crippen LogP contribution in [0.3, 0.4) is 0 Å². The molecule has 0 aliphatic carbocycles. The van der Waals surface area contributed by atoms with Gasteiger partial charge in [-0.05, 0) is 35.9 Å². The number of halogens is 1. The summed E-state index contributed by atoms with van der Waals surface area (Å²) in [5.41, 5.74) is 4.36. The van der Waals surface area contributed by atoms with Gasteiger partial charge in [0.2, 0.25) is 0 Å². The van der Waals surface area contributed by atoms with Gasteiger partial charge in [-0.15, -0.1) is 0 Å². The lowest BCUT2D eigenvalue weighted by Gasteiger charge is -2.10. The number of alkyl halides is 1. The second kappa shape index (κ2) is 8.43. The van der Waals surface area contributed by atoms with Crippen LogP contribution in [0.15, 0.2) is 71.8 Å². The van der Waals surface area contributed by atoms with E-state index in [1.807, 2.05) is 24.3 Å². The first-order valence-electron chi connectivity index (χ1n) is 10.6. The monoisotopic (exact) mass is 456 g/mol. The van der Waals surface area contributed by atoms with Gasteiger partial charge in [0.1, 0.15) is 12.5 Å². The van der Waals surface area contributed by atoms with E-state index in [9.17, 15) is 14.0 Å². The van der Waals surface area contributed by atoms with E-state index in [4.69, 9.17) is 0 Å². The fourth-order valence-corrected chi connectivity index (χ4v) is 4.06. The first kappa shape index (κ1) is 21.3. The molecule has 9 heteroatoms. The van der Waals surface area contributed by atoms with Gasteiger partial charge in [0.05, 0.1) is 28.4 Å². The number of hydrogen-bond donors (Lipinski definition) is 2. The number of para-hydroxylation sites is 1. The molecule has 5 aromatic rings. The fraction of sp³-hybridized carbons (Fsp3) is 0.120. The van der Waals surface area contributed by atoms with Crippen molar-refractivity contribution in [2.24, 2.45) is 7.05 Å². The molecule has 0 spiro atoms. The Morgan fingerprint density at radius 1 is 1.03 bits per heavy atom. The molecule has 2 aromatic carbocycles. The maximum absolute atomic E-state index is 13.8. The molecule has 2 N–H and O–H groups in total. The third kappa shape index (κ3) is 3.47. The third-order valence-corrected chi connectivity index (χ3v) is 5.83. The molecule has 5 rings (SSSR count). The zero-order chi connectivity index (χ0) is 23.8. The lowest BCUT2D eigenvalue weighted by atomic mass is 10.0. The van der Waals surface area contributed by atoms with E-state index in [1.54, 1.807) is 54.3 Å². The topological polar surface area (TPSA) is 93.8 Å². The number of nitrogens with one attached hydrogen (secondary N) is 2. The number of fused-ring (bicyclic) bond motifs is 3. The van der Waals surface area contributed by atoms with Crippen molar-refractivity contribution < 1.29 is 9.18 Å². The number of aromatic nitrogens is 4. The van der Waals surface area contributed by atoms with Crippen LogP contribution in [-0.2, 0) is 13.7 Å². The van der Waals surface area contributed by atoms with Crippen LogP contribution in [0.2, 0.25) is 0 Å². The highest BCUT2D eigenvalue weighted by molar-refractivity contribution is 6.04. The van der Waals surface area contributed by atoms with Crippen LogP contribution < -0.4 is 16.3 Å². The van der Waals surface area contributed by atoms with Crippen molar-refractivity contribution in [3.8, 4) is 16.8 Å². The van der Waals surface area contributed by atoms with E-state index in [0.29, 0.717) is 33.6 Å². The first-order chi connectivity index (χ1) is 16.5. The predicted octanol–water partition coefficient (Wildman–Crippen LogP) is 4.16. The number of anilines is 1. The Bertz CT molecular complexity index is 1600. The molecule has 170 valence electrons. The van der Waals surface area contributed by atoms with Crippen LogP contribution in [0.1, 0.15) is 5.56 Å². The summed E-state index contributed by atoms with van der Waals surface area (Å²) < 4.78 is 16.8. The number of urea groups is 1. The molecule has 0 radical (unpaired) electrons. The highest BCUT2D eigenvalue weighted by Gasteiger charge is 2.18. The van der Waals surface area contributed by atoms with Gasteiger partial charge in [-0.1, -0.05) is 24.3 Å². The lowest BCUT2D eigenvalue weighted by molar-refractivity contribution is 0.254. The molecule has 0 unspecified atom stereocenters. The largest absolute Gasteiger partial charge is 0.341 e. The fourth-order valence-electron chi connectivity index (χ4n) is 4.06. The van der Waals surface area contributed by atoms with Crippen LogP contribution >= 0.6 is 0 Å². The number of nitrogens with zero attached hydrogens (tertiary/aromatic N) is 4. The van der Waals surface area contributed by atoms with E-state index in [0.717, 1.165) is 16.5 Å². The molecule has 0 atom stereocenters. The van der Waals surface area contributed by atoms with E-state index >= 15 is 0 Å². The Morgan fingerprint density at radius 2 is 1.82 bits per heavy atom. The van der Waals surface area contributed by atoms with Crippen LogP contribution in [0, 0.1) is 0 Å². The number of aryl methyl sites for hydroxylation is 1. The van der Waals surface area contributed by atoms with Crippen molar-refractivity contribution in [1.29, 1.82) is 0 Å². The van der Waals surface area contributed by atoms with Gasteiger partial charge >= 0.3 is 11.7 Å². The molecule has 0 saturated carbocycles. The summed E-state index contributed by atoms with van der Waals surface area (Å²) in [5, 5.41) is 5.87. The van der Waals surface area contributed by atoms with Crippen LogP contribution in [-0.4, -0.2) is 32.2 Å². The number of hydrogen-bond acceptors (Lipinski definition) is 4. The molecule has 0 fully saturated rings. The normalized spacial score (nSPS) is 11.1. The van der Waals surface area contributed by atoms with E-state index < -0.39 is 6.67 Å². The minimum absolute atomic E-state index is 0.276.